The van der Waals surface area contributed by atoms with Crippen LogP contribution in [-0.2, 0) is 4.79 Å². The molecule has 5 heteroatoms. The maximum atomic E-state index is 14.0. The summed E-state index contributed by atoms with van der Waals surface area (Å²) in [7, 11) is 0. The topological polar surface area (TPSA) is 36.4 Å². The van der Waals surface area contributed by atoms with Crippen LogP contribution in [0.1, 0.15) is 48.4 Å². The molecule has 0 unspecified atom stereocenters. The molecule has 182 valence electrons. The Labute approximate surface area is 213 Å². The Bertz CT molecular complexity index is 1210. The van der Waals surface area contributed by atoms with Crippen molar-refractivity contribution in [1.29, 1.82) is 0 Å². The first kappa shape index (κ1) is 25.1. The fraction of sp³-hybridized carbons (Fsp3) is 0.333. The molecule has 1 heterocycles. The number of amides is 1. The van der Waals surface area contributed by atoms with Crippen molar-refractivity contribution in [1.82, 2.24) is 9.88 Å². The van der Waals surface area contributed by atoms with E-state index in [1.54, 1.807) is 11.3 Å². The Morgan fingerprint density at radius 3 is 2.06 bits per heavy atom. The first-order valence-electron chi connectivity index (χ1n) is 12.5. The maximum absolute atomic E-state index is 14.0. The molecule has 4 rings (SSSR count). The number of aryl methyl sites for hydroxylation is 2. The normalized spacial score (nSPS) is 11.5. The number of likely N-dealkylation sites (N-methyl/N-ethyl adjacent to an activating group) is 1. The van der Waals surface area contributed by atoms with Crippen molar-refractivity contribution < 1.29 is 4.79 Å². The van der Waals surface area contributed by atoms with Gasteiger partial charge in [0.15, 0.2) is 5.13 Å². The lowest BCUT2D eigenvalue weighted by molar-refractivity contribution is -0.118. The summed E-state index contributed by atoms with van der Waals surface area (Å²) in [5, 5.41) is 0.797. The van der Waals surface area contributed by atoms with Gasteiger partial charge in [0.25, 0.3) is 0 Å². The molecule has 0 spiro atoms. The van der Waals surface area contributed by atoms with E-state index < -0.39 is 0 Å². The second-order valence-electron chi connectivity index (χ2n) is 9.08. The third-order valence-electron chi connectivity index (χ3n) is 6.66. The maximum Gasteiger partial charge on any atom is 0.229 e. The minimum Gasteiger partial charge on any atom is -0.302 e. The lowest BCUT2D eigenvalue weighted by atomic mass is 9.88. The van der Waals surface area contributed by atoms with Crippen molar-refractivity contribution in [2.45, 2.75) is 40.0 Å². The van der Waals surface area contributed by atoms with Crippen molar-refractivity contribution in [3.63, 3.8) is 0 Å². The van der Waals surface area contributed by atoms with Crippen LogP contribution in [0.15, 0.2) is 72.8 Å². The standard InChI is InChI=1S/C30H35N3OS/c1-5-32(6-2)17-18-33(30-31-27-20-22(3)19-23(4)29(27)35-30)28(34)21-26(24-13-9-7-10-14-24)25-15-11-8-12-16-25/h7-16,19-20,26H,5-6,17-18,21H2,1-4H3. The van der Waals surface area contributed by atoms with Gasteiger partial charge in [-0.15, -0.1) is 0 Å². The molecule has 0 aliphatic rings. The van der Waals surface area contributed by atoms with Crippen LogP contribution in [0.5, 0.6) is 0 Å². The second kappa shape index (κ2) is 11.6. The quantitative estimate of drug-likeness (QED) is 0.248. The highest BCUT2D eigenvalue weighted by molar-refractivity contribution is 7.22. The fourth-order valence-electron chi connectivity index (χ4n) is 4.67. The summed E-state index contributed by atoms with van der Waals surface area (Å²) in [6.45, 7) is 11.9. The molecule has 1 aromatic heterocycles. The van der Waals surface area contributed by atoms with E-state index in [0.29, 0.717) is 13.0 Å². The number of hydrogen-bond donors (Lipinski definition) is 0. The SMILES string of the molecule is CCN(CC)CCN(C(=O)CC(c1ccccc1)c1ccccc1)c1nc2cc(C)cc(C)c2s1. The summed E-state index contributed by atoms with van der Waals surface area (Å²) in [5.74, 6) is 0.113. The lowest BCUT2D eigenvalue weighted by Gasteiger charge is -2.26. The number of rotatable bonds is 10. The number of anilines is 1. The predicted octanol–water partition coefficient (Wildman–Crippen LogP) is 6.81. The van der Waals surface area contributed by atoms with Crippen LogP contribution in [0.25, 0.3) is 10.2 Å². The van der Waals surface area contributed by atoms with Crippen molar-refractivity contribution >= 4 is 32.6 Å². The van der Waals surface area contributed by atoms with Crippen molar-refractivity contribution in [3.8, 4) is 0 Å². The van der Waals surface area contributed by atoms with Crippen molar-refractivity contribution in [2.75, 3.05) is 31.1 Å². The first-order valence-corrected chi connectivity index (χ1v) is 13.3. The number of carbonyl (C=O) groups excluding carboxylic acids is 1. The Hall–Kier alpha value is -3.02. The first-order chi connectivity index (χ1) is 17.0. The van der Waals surface area contributed by atoms with Gasteiger partial charge >= 0.3 is 0 Å². The Morgan fingerprint density at radius 2 is 1.49 bits per heavy atom. The van der Waals surface area contributed by atoms with Crippen LogP contribution in [0.3, 0.4) is 0 Å². The zero-order valence-electron chi connectivity index (χ0n) is 21.2. The van der Waals surface area contributed by atoms with Gasteiger partial charge in [-0.05, 0) is 55.3 Å². The zero-order valence-corrected chi connectivity index (χ0v) is 22.0. The smallest absolute Gasteiger partial charge is 0.229 e. The number of aromatic nitrogens is 1. The van der Waals surface area contributed by atoms with Gasteiger partial charge in [0, 0.05) is 25.4 Å². The zero-order chi connectivity index (χ0) is 24.8. The van der Waals surface area contributed by atoms with E-state index in [-0.39, 0.29) is 11.8 Å². The van der Waals surface area contributed by atoms with Crippen LogP contribution in [-0.4, -0.2) is 42.0 Å². The third-order valence-corrected chi connectivity index (χ3v) is 7.89. The minimum atomic E-state index is -0.000729. The van der Waals surface area contributed by atoms with Gasteiger partial charge in [-0.25, -0.2) is 4.98 Å². The highest BCUT2D eigenvalue weighted by Gasteiger charge is 2.25. The fourth-order valence-corrected chi connectivity index (χ4v) is 5.73. The van der Waals surface area contributed by atoms with E-state index in [1.807, 2.05) is 41.3 Å². The van der Waals surface area contributed by atoms with Gasteiger partial charge in [-0.2, -0.15) is 0 Å². The summed E-state index contributed by atoms with van der Waals surface area (Å²) in [6.07, 6.45) is 0.403. The number of hydrogen-bond acceptors (Lipinski definition) is 4. The molecule has 0 aliphatic carbocycles. The highest BCUT2D eigenvalue weighted by atomic mass is 32.1. The molecule has 0 saturated carbocycles. The summed E-state index contributed by atoms with van der Waals surface area (Å²) >= 11 is 1.63. The van der Waals surface area contributed by atoms with E-state index in [9.17, 15) is 4.79 Å². The number of fused-ring (bicyclic) bond motifs is 1. The molecule has 0 atom stereocenters. The molecule has 35 heavy (non-hydrogen) atoms. The molecular formula is C30H35N3OS. The second-order valence-corrected chi connectivity index (χ2v) is 10.1. The van der Waals surface area contributed by atoms with Crippen LogP contribution in [0.4, 0.5) is 5.13 Å². The largest absolute Gasteiger partial charge is 0.302 e. The highest BCUT2D eigenvalue weighted by Crippen LogP contribution is 2.34. The molecule has 4 aromatic rings. The van der Waals surface area contributed by atoms with Crippen LogP contribution in [0.2, 0.25) is 0 Å². The molecule has 0 N–H and O–H groups in total. The molecule has 0 radical (unpaired) electrons. The number of carbonyl (C=O) groups is 1. The summed E-state index contributed by atoms with van der Waals surface area (Å²) in [4.78, 5) is 23.2. The van der Waals surface area contributed by atoms with E-state index in [2.05, 4.69) is 69.0 Å². The Kier molecular flexibility index (Phi) is 8.32. The van der Waals surface area contributed by atoms with Crippen molar-refractivity contribution in [3.05, 3.63) is 95.1 Å². The molecule has 0 fully saturated rings. The molecule has 0 bridgehead atoms. The van der Waals surface area contributed by atoms with Gasteiger partial charge in [0.05, 0.1) is 10.2 Å². The average molecular weight is 486 g/mol. The van der Waals surface area contributed by atoms with Gasteiger partial charge < -0.3 is 4.90 Å². The monoisotopic (exact) mass is 485 g/mol. The Balaban J connectivity index is 1.69. The summed E-state index contributed by atoms with van der Waals surface area (Å²) in [5.41, 5.74) is 5.70. The average Bonchev–Trinajstić information content (AvgIpc) is 3.30. The molecular weight excluding hydrogens is 450 g/mol. The minimum absolute atomic E-state index is 0.000729. The third kappa shape index (κ3) is 5.98. The molecule has 3 aromatic carbocycles. The van der Waals surface area contributed by atoms with Gasteiger partial charge in [0.2, 0.25) is 5.91 Å². The number of benzene rings is 3. The van der Waals surface area contributed by atoms with Crippen LogP contribution < -0.4 is 4.90 Å². The van der Waals surface area contributed by atoms with Gasteiger partial charge in [0.1, 0.15) is 0 Å². The van der Waals surface area contributed by atoms with Gasteiger partial charge in [-0.1, -0.05) is 91.9 Å². The molecule has 4 nitrogen and oxygen atoms in total. The summed E-state index contributed by atoms with van der Waals surface area (Å²) in [6, 6.07) is 25.0. The predicted molar refractivity (Wildman–Crippen MR) is 149 cm³/mol. The molecule has 0 saturated heterocycles. The van der Waals surface area contributed by atoms with Gasteiger partial charge in [-0.3, -0.25) is 9.69 Å². The van der Waals surface area contributed by atoms with E-state index >= 15 is 0 Å². The number of thiazole rings is 1. The van der Waals surface area contributed by atoms with E-state index in [1.165, 1.54) is 11.1 Å². The van der Waals surface area contributed by atoms with Crippen molar-refractivity contribution in [2.24, 2.45) is 0 Å². The Morgan fingerprint density at radius 1 is 0.886 bits per heavy atom. The van der Waals surface area contributed by atoms with Crippen LogP contribution in [0, 0.1) is 13.8 Å². The number of nitrogens with zero attached hydrogens (tertiary/aromatic N) is 3. The van der Waals surface area contributed by atoms with E-state index in [4.69, 9.17) is 4.98 Å². The molecule has 0 aliphatic heterocycles. The van der Waals surface area contributed by atoms with E-state index in [0.717, 1.165) is 46.1 Å². The molecule has 1 amide bonds. The summed E-state index contributed by atoms with van der Waals surface area (Å²) < 4.78 is 1.16. The van der Waals surface area contributed by atoms with Crippen LogP contribution >= 0.6 is 11.3 Å². The lowest BCUT2D eigenvalue weighted by Crippen LogP contribution is -2.39.